The third kappa shape index (κ3) is 3.77. The summed E-state index contributed by atoms with van der Waals surface area (Å²) in [6.07, 6.45) is 4.62. The molecule has 0 spiro atoms. The predicted octanol–water partition coefficient (Wildman–Crippen LogP) is 0.670. The third-order valence-electron chi connectivity index (χ3n) is 2.47. The van der Waals surface area contributed by atoms with Gasteiger partial charge in [-0.2, -0.15) is 0 Å². The lowest BCUT2D eigenvalue weighted by molar-refractivity contribution is -0.121. The van der Waals surface area contributed by atoms with E-state index < -0.39 is 0 Å². The van der Waals surface area contributed by atoms with E-state index >= 15 is 0 Å². The molecule has 3 N–H and O–H groups in total. The van der Waals surface area contributed by atoms with E-state index in [1.165, 1.54) is 19.3 Å². The molecule has 0 radical (unpaired) electrons. The summed E-state index contributed by atoms with van der Waals surface area (Å²) in [4.78, 5) is 15.2. The van der Waals surface area contributed by atoms with E-state index in [9.17, 15) is 4.79 Å². The van der Waals surface area contributed by atoms with Gasteiger partial charge in [0.1, 0.15) is 0 Å². The third-order valence-corrected chi connectivity index (χ3v) is 2.47. The highest BCUT2D eigenvalue weighted by Gasteiger charge is 2.10. The van der Waals surface area contributed by atoms with Crippen LogP contribution in [0.1, 0.15) is 32.6 Å². The van der Waals surface area contributed by atoms with Crippen molar-refractivity contribution >= 4 is 11.7 Å². The van der Waals surface area contributed by atoms with Gasteiger partial charge in [0.05, 0.1) is 11.8 Å². The van der Waals surface area contributed by atoms with E-state index in [0.29, 0.717) is 6.54 Å². The number of carbonyl (C=O) groups excluding carboxylic acids is 1. The van der Waals surface area contributed by atoms with Crippen LogP contribution in [0, 0.1) is 5.92 Å². The lowest BCUT2D eigenvalue weighted by Crippen LogP contribution is -2.34. The van der Waals surface area contributed by atoms with Gasteiger partial charge in [0.25, 0.3) is 0 Å². The van der Waals surface area contributed by atoms with Crippen LogP contribution >= 0.6 is 0 Å². The minimum atomic E-state index is -0.258. The van der Waals surface area contributed by atoms with E-state index in [1.54, 1.807) is 0 Å². The number of primary amides is 1. The standard InChI is InChI=1S/C10H19N3O/c1-8(10(11)14)7-13-9-5-3-2-4-6-12-9/h8H,2-7H2,1H3,(H2,11,14)(H,12,13). The Kier molecular flexibility index (Phi) is 4.43. The number of amides is 1. The number of nitrogens with zero attached hydrogens (tertiary/aromatic N) is 1. The zero-order valence-electron chi connectivity index (χ0n) is 8.75. The second-order valence-corrected chi connectivity index (χ2v) is 3.82. The highest BCUT2D eigenvalue weighted by atomic mass is 16.1. The maximum absolute atomic E-state index is 10.8. The first-order valence-electron chi connectivity index (χ1n) is 5.26. The molecule has 1 aliphatic rings. The van der Waals surface area contributed by atoms with Crippen LogP contribution in [0.2, 0.25) is 0 Å². The van der Waals surface area contributed by atoms with Crippen LogP contribution in [0.15, 0.2) is 4.99 Å². The molecule has 1 aliphatic heterocycles. The molecule has 0 fully saturated rings. The number of nitrogens with one attached hydrogen (secondary N) is 1. The molecule has 0 aromatic carbocycles. The Bertz CT molecular complexity index is 225. The summed E-state index contributed by atoms with van der Waals surface area (Å²) in [7, 11) is 0. The molecule has 0 bridgehead atoms. The van der Waals surface area contributed by atoms with Gasteiger partial charge < -0.3 is 11.1 Å². The first-order valence-corrected chi connectivity index (χ1v) is 5.26. The molecule has 1 heterocycles. The molecule has 14 heavy (non-hydrogen) atoms. The fourth-order valence-electron chi connectivity index (χ4n) is 1.39. The average molecular weight is 197 g/mol. The Balaban J connectivity index is 2.29. The molecule has 1 rings (SSSR count). The molecule has 0 aromatic heterocycles. The second-order valence-electron chi connectivity index (χ2n) is 3.82. The first kappa shape index (κ1) is 11.0. The molecule has 1 unspecified atom stereocenters. The van der Waals surface area contributed by atoms with Crippen LogP contribution in [0.5, 0.6) is 0 Å². The number of nitrogens with two attached hydrogens (primary N) is 1. The van der Waals surface area contributed by atoms with Gasteiger partial charge >= 0.3 is 0 Å². The summed E-state index contributed by atoms with van der Waals surface area (Å²) >= 11 is 0. The summed E-state index contributed by atoms with van der Waals surface area (Å²) in [6.45, 7) is 3.34. The van der Waals surface area contributed by atoms with Gasteiger partial charge in [-0.25, -0.2) is 0 Å². The summed E-state index contributed by atoms with van der Waals surface area (Å²) in [5.41, 5.74) is 5.16. The van der Waals surface area contributed by atoms with Crippen LogP contribution in [0.4, 0.5) is 0 Å². The molecule has 1 amide bonds. The van der Waals surface area contributed by atoms with E-state index in [0.717, 1.165) is 18.8 Å². The molecule has 0 saturated carbocycles. The molecule has 4 heteroatoms. The lowest BCUT2D eigenvalue weighted by atomic mass is 10.1. The monoisotopic (exact) mass is 197 g/mol. The summed E-state index contributed by atoms with van der Waals surface area (Å²) in [5.74, 6) is 0.656. The van der Waals surface area contributed by atoms with Crippen molar-refractivity contribution in [2.45, 2.75) is 32.6 Å². The van der Waals surface area contributed by atoms with Gasteiger partial charge in [0, 0.05) is 19.5 Å². The van der Waals surface area contributed by atoms with Crippen molar-refractivity contribution in [1.29, 1.82) is 0 Å². The number of carbonyl (C=O) groups is 1. The van der Waals surface area contributed by atoms with Crippen molar-refractivity contribution in [1.82, 2.24) is 5.32 Å². The van der Waals surface area contributed by atoms with Gasteiger partial charge in [-0.1, -0.05) is 13.3 Å². The highest BCUT2D eigenvalue weighted by Crippen LogP contribution is 2.06. The van der Waals surface area contributed by atoms with Crippen molar-refractivity contribution in [3.63, 3.8) is 0 Å². The largest absolute Gasteiger partial charge is 0.373 e. The topological polar surface area (TPSA) is 67.5 Å². The van der Waals surface area contributed by atoms with Gasteiger partial charge in [0.2, 0.25) is 5.91 Å². The Morgan fingerprint density at radius 1 is 1.57 bits per heavy atom. The van der Waals surface area contributed by atoms with E-state index in [1.807, 2.05) is 6.92 Å². The fraction of sp³-hybridized carbons (Fsp3) is 0.800. The van der Waals surface area contributed by atoms with Crippen LogP contribution in [-0.4, -0.2) is 24.8 Å². The minimum absolute atomic E-state index is 0.124. The Hall–Kier alpha value is -1.06. The Morgan fingerprint density at radius 3 is 3.07 bits per heavy atom. The molecule has 80 valence electrons. The first-order chi connectivity index (χ1) is 6.70. The fourth-order valence-corrected chi connectivity index (χ4v) is 1.39. The van der Waals surface area contributed by atoms with E-state index in [-0.39, 0.29) is 11.8 Å². The summed E-state index contributed by atoms with van der Waals surface area (Å²) in [5, 5.41) is 3.19. The zero-order valence-corrected chi connectivity index (χ0v) is 8.75. The summed E-state index contributed by atoms with van der Waals surface area (Å²) in [6, 6.07) is 0. The number of rotatable bonds is 3. The molecular weight excluding hydrogens is 178 g/mol. The van der Waals surface area contributed by atoms with E-state index in [2.05, 4.69) is 10.3 Å². The SMILES string of the molecule is CC(CNC1=NCCCCC1)C(N)=O. The molecular formula is C10H19N3O. The van der Waals surface area contributed by atoms with Crippen LogP contribution in [0.25, 0.3) is 0 Å². The van der Waals surface area contributed by atoms with Gasteiger partial charge in [-0.15, -0.1) is 0 Å². The average Bonchev–Trinajstić information content (AvgIpc) is 2.42. The van der Waals surface area contributed by atoms with Crippen LogP contribution in [-0.2, 0) is 4.79 Å². The predicted molar refractivity (Wildman–Crippen MR) is 57.1 cm³/mol. The Labute approximate surface area is 85.0 Å². The number of hydrogen-bond acceptors (Lipinski definition) is 3. The molecule has 0 aliphatic carbocycles. The van der Waals surface area contributed by atoms with Crippen LogP contribution in [0.3, 0.4) is 0 Å². The molecule has 1 atom stereocenters. The molecule has 0 saturated heterocycles. The highest BCUT2D eigenvalue weighted by molar-refractivity contribution is 5.83. The normalized spacial score (nSPS) is 19.4. The van der Waals surface area contributed by atoms with Crippen molar-refractivity contribution in [2.24, 2.45) is 16.6 Å². The quantitative estimate of drug-likeness (QED) is 0.698. The smallest absolute Gasteiger partial charge is 0.222 e. The summed E-state index contributed by atoms with van der Waals surface area (Å²) < 4.78 is 0. The lowest BCUT2D eigenvalue weighted by Gasteiger charge is -2.11. The van der Waals surface area contributed by atoms with Gasteiger partial charge in [0.15, 0.2) is 0 Å². The maximum atomic E-state index is 10.8. The van der Waals surface area contributed by atoms with Crippen molar-refractivity contribution in [3.05, 3.63) is 0 Å². The molecule has 4 nitrogen and oxygen atoms in total. The van der Waals surface area contributed by atoms with E-state index in [4.69, 9.17) is 5.73 Å². The second kappa shape index (κ2) is 5.62. The number of amidine groups is 1. The van der Waals surface area contributed by atoms with Gasteiger partial charge in [-0.3, -0.25) is 9.79 Å². The van der Waals surface area contributed by atoms with Crippen molar-refractivity contribution in [3.8, 4) is 0 Å². The van der Waals surface area contributed by atoms with Gasteiger partial charge in [-0.05, 0) is 12.8 Å². The number of aliphatic imine (C=N–C) groups is 1. The van der Waals surface area contributed by atoms with Crippen LogP contribution < -0.4 is 11.1 Å². The Morgan fingerprint density at radius 2 is 2.36 bits per heavy atom. The minimum Gasteiger partial charge on any atom is -0.373 e. The van der Waals surface area contributed by atoms with Crippen molar-refractivity contribution in [2.75, 3.05) is 13.1 Å². The number of hydrogen-bond donors (Lipinski definition) is 2. The zero-order chi connectivity index (χ0) is 10.4. The van der Waals surface area contributed by atoms with Crippen molar-refractivity contribution < 1.29 is 4.79 Å². The maximum Gasteiger partial charge on any atom is 0.222 e. The molecule has 0 aromatic rings.